The SMILES string of the molecule is CC(NC(=O)c1nnn(-c2ccc(Br)cc2)c1C1CC1)c1ccc2c(c1)NC(=O)CO2. The molecule has 0 radical (unpaired) electrons. The lowest BCUT2D eigenvalue weighted by molar-refractivity contribution is -0.118. The fourth-order valence-corrected chi connectivity index (χ4v) is 3.93. The number of carbonyl (C=O) groups excluding carboxylic acids is 2. The summed E-state index contributed by atoms with van der Waals surface area (Å²) in [6.07, 6.45) is 2.04. The molecule has 8 nitrogen and oxygen atoms in total. The van der Waals surface area contributed by atoms with Crippen LogP contribution in [-0.4, -0.2) is 33.4 Å². The first-order chi connectivity index (χ1) is 15.0. The maximum absolute atomic E-state index is 13.1. The van der Waals surface area contributed by atoms with Crippen molar-refractivity contribution < 1.29 is 14.3 Å². The van der Waals surface area contributed by atoms with E-state index in [2.05, 4.69) is 36.9 Å². The molecular formula is C22H20BrN5O3. The maximum atomic E-state index is 13.1. The fourth-order valence-electron chi connectivity index (χ4n) is 3.67. The minimum absolute atomic E-state index is 0.0105. The highest BCUT2D eigenvalue weighted by molar-refractivity contribution is 9.10. The summed E-state index contributed by atoms with van der Waals surface area (Å²) in [6, 6.07) is 13.0. The Morgan fingerprint density at radius 2 is 2.03 bits per heavy atom. The van der Waals surface area contributed by atoms with Crippen LogP contribution in [-0.2, 0) is 4.79 Å². The van der Waals surface area contributed by atoms with Crippen molar-refractivity contribution in [2.24, 2.45) is 0 Å². The number of hydrogen-bond acceptors (Lipinski definition) is 5. The molecule has 1 saturated carbocycles. The van der Waals surface area contributed by atoms with Gasteiger partial charge in [-0.2, -0.15) is 0 Å². The lowest BCUT2D eigenvalue weighted by atomic mass is 10.1. The molecule has 3 aromatic rings. The third kappa shape index (κ3) is 3.93. The summed E-state index contributed by atoms with van der Waals surface area (Å²) in [6.45, 7) is 1.90. The lowest BCUT2D eigenvalue weighted by Crippen LogP contribution is -2.29. The monoisotopic (exact) mass is 481 g/mol. The summed E-state index contributed by atoms with van der Waals surface area (Å²) in [4.78, 5) is 24.7. The highest BCUT2D eigenvalue weighted by Gasteiger charge is 2.34. The molecule has 1 aromatic heterocycles. The van der Waals surface area contributed by atoms with E-state index < -0.39 is 0 Å². The number of halogens is 1. The van der Waals surface area contributed by atoms with Crippen LogP contribution in [0.15, 0.2) is 46.9 Å². The van der Waals surface area contributed by atoms with Gasteiger partial charge in [0.15, 0.2) is 12.3 Å². The predicted molar refractivity (Wildman–Crippen MR) is 117 cm³/mol. The smallest absolute Gasteiger partial charge is 0.274 e. The molecule has 1 aliphatic carbocycles. The van der Waals surface area contributed by atoms with Crippen molar-refractivity contribution in [3.05, 3.63) is 63.9 Å². The number of nitrogens with one attached hydrogen (secondary N) is 2. The van der Waals surface area contributed by atoms with Gasteiger partial charge in [-0.1, -0.05) is 27.2 Å². The zero-order chi connectivity index (χ0) is 21.5. The fraction of sp³-hybridized carbons (Fsp3) is 0.273. The Labute approximate surface area is 187 Å². The third-order valence-electron chi connectivity index (χ3n) is 5.44. The number of anilines is 1. The van der Waals surface area contributed by atoms with Crippen molar-refractivity contribution in [3.63, 3.8) is 0 Å². The molecule has 2 N–H and O–H groups in total. The molecule has 0 bridgehead atoms. The Morgan fingerprint density at radius 1 is 1.26 bits per heavy atom. The number of nitrogens with zero attached hydrogens (tertiary/aromatic N) is 3. The largest absolute Gasteiger partial charge is 0.482 e. The Kier molecular flexibility index (Phi) is 4.97. The Bertz CT molecular complexity index is 1170. The summed E-state index contributed by atoms with van der Waals surface area (Å²) in [5.41, 5.74) is 3.53. The lowest BCUT2D eigenvalue weighted by Gasteiger charge is -2.21. The van der Waals surface area contributed by atoms with E-state index in [-0.39, 0.29) is 30.4 Å². The molecule has 9 heteroatoms. The van der Waals surface area contributed by atoms with Gasteiger partial charge in [0.05, 0.1) is 23.1 Å². The molecule has 2 amide bonds. The van der Waals surface area contributed by atoms with Gasteiger partial charge >= 0.3 is 0 Å². The first-order valence-electron chi connectivity index (χ1n) is 10.1. The molecule has 0 saturated heterocycles. The quantitative estimate of drug-likeness (QED) is 0.578. The molecule has 1 fully saturated rings. The van der Waals surface area contributed by atoms with Crippen molar-refractivity contribution in [3.8, 4) is 11.4 Å². The zero-order valence-corrected chi connectivity index (χ0v) is 18.3. The molecule has 5 rings (SSSR count). The van der Waals surface area contributed by atoms with Gasteiger partial charge in [-0.05, 0) is 61.7 Å². The first kappa shape index (κ1) is 19.7. The number of ether oxygens (including phenoxy) is 1. The van der Waals surface area contributed by atoms with Gasteiger partial charge in [0.2, 0.25) is 0 Å². The minimum Gasteiger partial charge on any atom is -0.482 e. The average Bonchev–Trinajstić information content (AvgIpc) is 3.51. The predicted octanol–water partition coefficient (Wildman–Crippen LogP) is 3.73. The number of carbonyl (C=O) groups is 2. The maximum Gasteiger partial charge on any atom is 0.274 e. The average molecular weight is 482 g/mol. The molecule has 2 heterocycles. The van der Waals surface area contributed by atoms with Crippen LogP contribution in [0.4, 0.5) is 5.69 Å². The number of rotatable bonds is 5. The molecule has 1 atom stereocenters. The Hall–Kier alpha value is -3.20. The highest BCUT2D eigenvalue weighted by atomic mass is 79.9. The van der Waals surface area contributed by atoms with E-state index in [1.807, 2.05) is 43.3 Å². The van der Waals surface area contributed by atoms with Gasteiger partial charge in [-0.25, -0.2) is 4.68 Å². The van der Waals surface area contributed by atoms with Crippen LogP contribution in [0.25, 0.3) is 5.69 Å². The number of fused-ring (bicyclic) bond motifs is 1. The van der Waals surface area contributed by atoms with Crippen LogP contribution in [0.5, 0.6) is 5.75 Å². The van der Waals surface area contributed by atoms with E-state index >= 15 is 0 Å². The second-order valence-corrected chi connectivity index (χ2v) is 8.69. The van der Waals surface area contributed by atoms with Crippen LogP contribution < -0.4 is 15.4 Å². The van der Waals surface area contributed by atoms with Gasteiger partial charge in [0, 0.05) is 10.4 Å². The van der Waals surface area contributed by atoms with Crippen molar-refractivity contribution >= 4 is 33.4 Å². The second-order valence-electron chi connectivity index (χ2n) is 7.77. The summed E-state index contributed by atoms with van der Waals surface area (Å²) in [5.74, 6) is 0.442. The molecule has 158 valence electrons. The van der Waals surface area contributed by atoms with Crippen LogP contribution in [0.2, 0.25) is 0 Å². The minimum atomic E-state index is -0.290. The van der Waals surface area contributed by atoms with Gasteiger partial charge in [-0.3, -0.25) is 9.59 Å². The van der Waals surface area contributed by atoms with E-state index in [1.54, 1.807) is 10.7 Å². The van der Waals surface area contributed by atoms with Crippen molar-refractivity contribution in [2.75, 3.05) is 11.9 Å². The number of amides is 2. The zero-order valence-electron chi connectivity index (χ0n) is 16.8. The summed E-state index contributed by atoms with van der Waals surface area (Å²) < 4.78 is 8.13. The van der Waals surface area contributed by atoms with E-state index in [0.717, 1.165) is 34.3 Å². The summed E-state index contributed by atoms with van der Waals surface area (Å²) in [5, 5.41) is 14.3. The van der Waals surface area contributed by atoms with Gasteiger partial charge in [0.1, 0.15) is 5.75 Å². The van der Waals surface area contributed by atoms with E-state index in [4.69, 9.17) is 4.74 Å². The Balaban J connectivity index is 1.39. The van der Waals surface area contributed by atoms with E-state index in [9.17, 15) is 9.59 Å². The van der Waals surface area contributed by atoms with Gasteiger partial charge in [0.25, 0.3) is 11.8 Å². The number of benzene rings is 2. The highest BCUT2D eigenvalue weighted by Crippen LogP contribution is 2.42. The summed E-state index contributed by atoms with van der Waals surface area (Å²) >= 11 is 3.44. The second kappa shape index (κ2) is 7.81. The van der Waals surface area contributed by atoms with Crippen LogP contribution >= 0.6 is 15.9 Å². The van der Waals surface area contributed by atoms with E-state index in [0.29, 0.717) is 17.1 Å². The van der Waals surface area contributed by atoms with Crippen LogP contribution in [0.1, 0.15) is 53.5 Å². The van der Waals surface area contributed by atoms with Crippen molar-refractivity contribution in [1.29, 1.82) is 0 Å². The van der Waals surface area contributed by atoms with Gasteiger partial charge in [-0.15, -0.1) is 5.10 Å². The molecule has 1 unspecified atom stereocenters. The van der Waals surface area contributed by atoms with Crippen molar-refractivity contribution in [2.45, 2.75) is 31.7 Å². The Morgan fingerprint density at radius 3 is 2.77 bits per heavy atom. The number of hydrogen-bond donors (Lipinski definition) is 2. The first-order valence-corrected chi connectivity index (χ1v) is 10.9. The van der Waals surface area contributed by atoms with E-state index in [1.165, 1.54) is 0 Å². The molecule has 2 aromatic carbocycles. The summed E-state index contributed by atoms with van der Waals surface area (Å²) in [7, 11) is 0. The molecule has 31 heavy (non-hydrogen) atoms. The van der Waals surface area contributed by atoms with Gasteiger partial charge < -0.3 is 15.4 Å². The molecule has 0 spiro atoms. The van der Waals surface area contributed by atoms with Crippen LogP contribution in [0.3, 0.4) is 0 Å². The topological polar surface area (TPSA) is 98.1 Å². The third-order valence-corrected chi connectivity index (χ3v) is 5.97. The molecule has 2 aliphatic rings. The van der Waals surface area contributed by atoms with Crippen LogP contribution in [0, 0.1) is 0 Å². The molecular weight excluding hydrogens is 462 g/mol. The standard InChI is InChI=1S/C22H20BrN5O3/c1-12(14-4-9-18-17(10-14)25-19(29)11-31-18)24-22(30)20-21(13-2-3-13)28(27-26-20)16-7-5-15(23)6-8-16/h4-10,12-13H,2-3,11H2,1H3,(H,24,30)(H,25,29). The number of aromatic nitrogens is 3. The molecule has 1 aliphatic heterocycles. The normalized spacial score (nSPS) is 16.1. The van der Waals surface area contributed by atoms with Crippen molar-refractivity contribution in [1.82, 2.24) is 20.3 Å².